The van der Waals surface area contributed by atoms with E-state index in [0.717, 1.165) is 11.3 Å². The van der Waals surface area contributed by atoms with Crippen molar-refractivity contribution in [3.63, 3.8) is 0 Å². The Labute approximate surface area is 162 Å². The summed E-state index contributed by atoms with van der Waals surface area (Å²) in [6.45, 7) is 1.15. The van der Waals surface area contributed by atoms with E-state index in [2.05, 4.69) is 10.1 Å². The van der Waals surface area contributed by atoms with Crippen molar-refractivity contribution in [2.24, 2.45) is 0 Å². The van der Waals surface area contributed by atoms with Crippen molar-refractivity contribution in [3.05, 3.63) is 65.0 Å². The van der Waals surface area contributed by atoms with Crippen LogP contribution in [0.2, 0.25) is 5.02 Å². The molecule has 0 bridgehead atoms. The van der Waals surface area contributed by atoms with Crippen LogP contribution < -0.4 is 4.90 Å². The van der Waals surface area contributed by atoms with E-state index in [0.29, 0.717) is 35.4 Å². The lowest BCUT2D eigenvalue weighted by atomic mass is 9.98. The number of aromatic nitrogens is 2. The Bertz CT molecular complexity index is 962. The highest BCUT2D eigenvalue weighted by Gasteiger charge is 2.36. The molecule has 138 valence electrons. The highest BCUT2D eigenvalue weighted by molar-refractivity contribution is 6.30. The number of nitrogens with zero attached hydrogens (tertiary/aromatic N) is 4. The summed E-state index contributed by atoms with van der Waals surface area (Å²) in [6.07, 6.45) is 0. The number of amides is 1. The van der Waals surface area contributed by atoms with Crippen LogP contribution in [0.4, 0.5) is 5.69 Å². The molecule has 2 heterocycles. The first-order valence-electron chi connectivity index (χ1n) is 8.67. The number of likely N-dealkylation sites (tertiary alicyclic amines) is 1. The molecule has 2 aromatic carbocycles. The topological polar surface area (TPSA) is 62.5 Å². The van der Waals surface area contributed by atoms with E-state index in [1.807, 2.05) is 55.4 Å². The lowest BCUT2D eigenvalue weighted by Crippen LogP contribution is -2.48. The predicted octanol–water partition coefficient (Wildman–Crippen LogP) is 3.70. The van der Waals surface area contributed by atoms with Crippen LogP contribution in [0.1, 0.15) is 22.2 Å². The maximum Gasteiger partial charge on any atom is 0.253 e. The van der Waals surface area contributed by atoms with Gasteiger partial charge in [0.1, 0.15) is 0 Å². The Kier molecular flexibility index (Phi) is 4.58. The Balaban J connectivity index is 1.40. The molecule has 1 amide bonds. The zero-order valence-corrected chi connectivity index (χ0v) is 15.8. The highest BCUT2D eigenvalue weighted by atomic mass is 35.5. The van der Waals surface area contributed by atoms with Crippen LogP contribution in [0.3, 0.4) is 0 Å². The fourth-order valence-corrected chi connectivity index (χ4v) is 3.22. The van der Waals surface area contributed by atoms with E-state index in [-0.39, 0.29) is 11.8 Å². The van der Waals surface area contributed by atoms with Crippen LogP contribution in [-0.2, 0) is 0 Å². The summed E-state index contributed by atoms with van der Waals surface area (Å²) in [5.74, 6) is 1.15. The molecular weight excluding hydrogens is 364 g/mol. The first kappa shape index (κ1) is 17.5. The predicted molar refractivity (Wildman–Crippen MR) is 104 cm³/mol. The van der Waals surface area contributed by atoms with E-state index in [1.54, 1.807) is 17.0 Å². The maximum atomic E-state index is 12.6. The quantitative estimate of drug-likeness (QED) is 0.688. The number of hydrogen-bond donors (Lipinski definition) is 0. The average Bonchev–Trinajstić information content (AvgIpc) is 3.10. The summed E-state index contributed by atoms with van der Waals surface area (Å²) in [4.78, 5) is 20.8. The molecule has 1 aliphatic rings. The van der Waals surface area contributed by atoms with Gasteiger partial charge in [0.15, 0.2) is 0 Å². The van der Waals surface area contributed by atoms with Gasteiger partial charge in [-0.15, -0.1) is 0 Å². The SMILES string of the molecule is CN(C)c1ccc(C(=O)N2CC(c3nc(-c4cccc(Cl)c4)no3)C2)cc1. The number of rotatable bonds is 4. The number of carbonyl (C=O) groups is 1. The van der Waals surface area contributed by atoms with Gasteiger partial charge in [-0.25, -0.2) is 0 Å². The van der Waals surface area contributed by atoms with Crippen LogP contribution in [0, 0.1) is 0 Å². The molecule has 0 N–H and O–H groups in total. The van der Waals surface area contributed by atoms with Crippen molar-refractivity contribution >= 4 is 23.2 Å². The van der Waals surface area contributed by atoms with Gasteiger partial charge in [0, 0.05) is 49.0 Å². The van der Waals surface area contributed by atoms with E-state index >= 15 is 0 Å². The van der Waals surface area contributed by atoms with Gasteiger partial charge >= 0.3 is 0 Å². The summed E-state index contributed by atoms with van der Waals surface area (Å²) in [7, 11) is 3.94. The molecule has 27 heavy (non-hydrogen) atoms. The first-order chi connectivity index (χ1) is 13.0. The average molecular weight is 383 g/mol. The van der Waals surface area contributed by atoms with Gasteiger partial charge in [-0.3, -0.25) is 4.79 Å². The summed E-state index contributed by atoms with van der Waals surface area (Å²) < 4.78 is 5.39. The van der Waals surface area contributed by atoms with Gasteiger partial charge in [0.2, 0.25) is 11.7 Å². The van der Waals surface area contributed by atoms with Crippen LogP contribution in [0.5, 0.6) is 0 Å². The number of halogens is 1. The van der Waals surface area contributed by atoms with Gasteiger partial charge in [-0.1, -0.05) is 28.9 Å². The third-order valence-corrected chi connectivity index (χ3v) is 4.91. The molecule has 0 unspecified atom stereocenters. The zero-order chi connectivity index (χ0) is 19.0. The summed E-state index contributed by atoms with van der Waals surface area (Å²) in [5, 5.41) is 4.66. The van der Waals surface area contributed by atoms with Gasteiger partial charge in [-0.05, 0) is 36.4 Å². The van der Waals surface area contributed by atoms with Gasteiger partial charge in [-0.2, -0.15) is 4.98 Å². The van der Waals surface area contributed by atoms with Crippen molar-refractivity contribution in [3.8, 4) is 11.4 Å². The minimum atomic E-state index is 0.0196. The molecule has 0 atom stereocenters. The molecule has 0 radical (unpaired) electrons. The standard InChI is InChI=1S/C20H19ClN4O2/c1-24(2)17-8-6-13(7-9-17)20(26)25-11-15(12-25)19-22-18(23-27-19)14-4-3-5-16(21)10-14/h3-10,15H,11-12H2,1-2H3. The van der Waals surface area contributed by atoms with E-state index in [9.17, 15) is 4.79 Å². The molecule has 1 fully saturated rings. The molecule has 0 aliphatic carbocycles. The van der Waals surface area contributed by atoms with Crippen LogP contribution in [-0.4, -0.2) is 48.1 Å². The third-order valence-electron chi connectivity index (χ3n) is 4.67. The summed E-state index contributed by atoms with van der Waals surface area (Å²) in [6, 6.07) is 14.9. The first-order valence-corrected chi connectivity index (χ1v) is 9.05. The highest BCUT2D eigenvalue weighted by Crippen LogP contribution is 2.29. The molecule has 0 spiro atoms. The van der Waals surface area contributed by atoms with Crippen molar-refractivity contribution in [2.45, 2.75) is 5.92 Å². The Morgan fingerprint density at radius 2 is 1.93 bits per heavy atom. The Morgan fingerprint density at radius 1 is 1.19 bits per heavy atom. The van der Waals surface area contributed by atoms with Crippen molar-refractivity contribution in [1.29, 1.82) is 0 Å². The second-order valence-corrected chi connectivity index (χ2v) is 7.25. The Hall–Kier alpha value is -2.86. The fourth-order valence-electron chi connectivity index (χ4n) is 3.03. The Morgan fingerprint density at radius 3 is 2.59 bits per heavy atom. The minimum Gasteiger partial charge on any atom is -0.378 e. The second-order valence-electron chi connectivity index (χ2n) is 6.81. The second kappa shape index (κ2) is 7.04. The lowest BCUT2D eigenvalue weighted by molar-refractivity contribution is 0.0569. The molecule has 0 saturated carbocycles. The number of hydrogen-bond acceptors (Lipinski definition) is 5. The van der Waals surface area contributed by atoms with Crippen LogP contribution in [0.15, 0.2) is 53.1 Å². The third kappa shape index (κ3) is 3.53. The van der Waals surface area contributed by atoms with Crippen molar-refractivity contribution in [1.82, 2.24) is 15.0 Å². The van der Waals surface area contributed by atoms with Gasteiger partial charge in [0.05, 0.1) is 5.92 Å². The summed E-state index contributed by atoms with van der Waals surface area (Å²) in [5.41, 5.74) is 2.56. The number of anilines is 1. The smallest absolute Gasteiger partial charge is 0.253 e. The molecule has 3 aromatic rings. The normalized spacial score (nSPS) is 14.1. The van der Waals surface area contributed by atoms with Crippen LogP contribution in [0.25, 0.3) is 11.4 Å². The fraction of sp³-hybridized carbons (Fsp3) is 0.250. The van der Waals surface area contributed by atoms with E-state index < -0.39 is 0 Å². The molecule has 1 aromatic heterocycles. The molecule has 1 saturated heterocycles. The van der Waals surface area contributed by atoms with Gasteiger partial charge < -0.3 is 14.3 Å². The number of benzene rings is 2. The zero-order valence-electron chi connectivity index (χ0n) is 15.1. The van der Waals surface area contributed by atoms with Crippen molar-refractivity contribution in [2.75, 3.05) is 32.1 Å². The monoisotopic (exact) mass is 382 g/mol. The minimum absolute atomic E-state index is 0.0196. The van der Waals surface area contributed by atoms with Crippen molar-refractivity contribution < 1.29 is 9.32 Å². The van der Waals surface area contributed by atoms with Crippen LogP contribution >= 0.6 is 11.6 Å². The van der Waals surface area contributed by atoms with E-state index in [4.69, 9.17) is 16.1 Å². The number of carbonyl (C=O) groups excluding carboxylic acids is 1. The lowest BCUT2D eigenvalue weighted by Gasteiger charge is -2.37. The molecular formula is C20H19ClN4O2. The molecule has 1 aliphatic heterocycles. The molecule has 4 rings (SSSR count). The molecule has 6 nitrogen and oxygen atoms in total. The van der Waals surface area contributed by atoms with E-state index in [1.165, 1.54) is 0 Å². The maximum absolute atomic E-state index is 12.6. The van der Waals surface area contributed by atoms with Gasteiger partial charge in [0.25, 0.3) is 5.91 Å². The largest absolute Gasteiger partial charge is 0.378 e. The molecule has 7 heteroatoms. The summed E-state index contributed by atoms with van der Waals surface area (Å²) >= 11 is 6.01.